The third-order valence-electron chi connectivity index (χ3n) is 3.13. The van der Waals surface area contributed by atoms with E-state index in [2.05, 4.69) is 9.97 Å². The van der Waals surface area contributed by atoms with Gasteiger partial charge < -0.3 is 9.72 Å². The van der Waals surface area contributed by atoms with Crippen LogP contribution in [0.1, 0.15) is 42.6 Å². The second-order valence-corrected chi connectivity index (χ2v) is 5.92. The average molecular weight is 272 g/mol. The van der Waals surface area contributed by atoms with Gasteiger partial charge in [0.1, 0.15) is 5.82 Å². The number of rotatable bonds is 2. The molecule has 0 spiro atoms. The van der Waals surface area contributed by atoms with E-state index in [4.69, 9.17) is 4.74 Å². The van der Waals surface area contributed by atoms with Gasteiger partial charge in [0.25, 0.3) is 0 Å². The molecule has 0 radical (unpaired) electrons. The number of aromatic nitrogens is 2. The van der Waals surface area contributed by atoms with Gasteiger partial charge in [-0.15, -0.1) is 0 Å². The first-order valence-electron chi connectivity index (χ1n) is 6.59. The molecule has 20 heavy (non-hydrogen) atoms. The predicted molar refractivity (Wildman–Crippen MR) is 78.8 cm³/mol. The van der Waals surface area contributed by atoms with E-state index in [1.807, 2.05) is 52.0 Å². The molecule has 0 saturated carbocycles. The van der Waals surface area contributed by atoms with Crippen molar-refractivity contribution in [2.75, 3.05) is 7.11 Å². The maximum absolute atomic E-state index is 11.9. The summed E-state index contributed by atoms with van der Waals surface area (Å²) >= 11 is 0. The minimum absolute atomic E-state index is 0.161. The highest BCUT2D eigenvalue weighted by molar-refractivity contribution is 5.94. The number of carbonyl (C=O) groups excluding carboxylic acids is 1. The minimum atomic E-state index is -0.424. The van der Waals surface area contributed by atoms with Crippen LogP contribution in [0.15, 0.2) is 24.3 Å². The molecule has 0 amide bonds. The summed E-state index contributed by atoms with van der Waals surface area (Å²) < 4.78 is 4.83. The van der Waals surface area contributed by atoms with Gasteiger partial charge in [0.2, 0.25) is 0 Å². The topological polar surface area (TPSA) is 55.0 Å². The van der Waals surface area contributed by atoms with E-state index in [0.717, 1.165) is 11.4 Å². The van der Waals surface area contributed by atoms with E-state index >= 15 is 0 Å². The summed E-state index contributed by atoms with van der Waals surface area (Å²) in [5, 5.41) is 0. The smallest absolute Gasteiger partial charge is 0.358 e. The Morgan fingerprint density at radius 2 is 1.80 bits per heavy atom. The first-order valence-corrected chi connectivity index (χ1v) is 6.59. The van der Waals surface area contributed by atoms with Crippen LogP contribution in [0.2, 0.25) is 0 Å². The van der Waals surface area contributed by atoms with Gasteiger partial charge in [-0.2, -0.15) is 0 Å². The second-order valence-electron chi connectivity index (χ2n) is 5.92. The number of esters is 1. The molecule has 2 rings (SSSR count). The molecular formula is C16H20N2O2. The highest BCUT2D eigenvalue weighted by Gasteiger charge is 2.25. The van der Waals surface area contributed by atoms with E-state index in [-0.39, 0.29) is 5.41 Å². The Hall–Kier alpha value is -2.10. The van der Waals surface area contributed by atoms with Gasteiger partial charge in [0.15, 0.2) is 5.69 Å². The lowest BCUT2D eigenvalue weighted by molar-refractivity contribution is 0.0595. The highest BCUT2D eigenvalue weighted by Crippen LogP contribution is 2.27. The number of nitrogens with one attached hydrogen (secondary N) is 1. The summed E-state index contributed by atoms with van der Waals surface area (Å²) in [7, 11) is 1.37. The number of methoxy groups -OCH3 is 1. The van der Waals surface area contributed by atoms with Crippen LogP contribution in [0, 0.1) is 6.92 Å². The first kappa shape index (κ1) is 14.3. The van der Waals surface area contributed by atoms with Crippen LogP contribution in [0.5, 0.6) is 0 Å². The molecular weight excluding hydrogens is 252 g/mol. The SMILES string of the molecule is COC(=O)c1nc(C(C)(C)C)[nH]c1-c1ccc(C)cc1. The second kappa shape index (κ2) is 5.12. The minimum Gasteiger partial charge on any atom is -0.464 e. The average Bonchev–Trinajstić information content (AvgIpc) is 2.83. The van der Waals surface area contributed by atoms with Crippen molar-refractivity contribution in [3.63, 3.8) is 0 Å². The van der Waals surface area contributed by atoms with Gasteiger partial charge in [0.05, 0.1) is 12.8 Å². The molecule has 0 atom stereocenters. The molecule has 2 aromatic rings. The van der Waals surface area contributed by atoms with Crippen LogP contribution in [0.25, 0.3) is 11.3 Å². The Morgan fingerprint density at radius 3 is 2.30 bits per heavy atom. The predicted octanol–water partition coefficient (Wildman–Crippen LogP) is 3.47. The van der Waals surface area contributed by atoms with Crippen LogP contribution < -0.4 is 0 Å². The van der Waals surface area contributed by atoms with E-state index in [1.54, 1.807) is 0 Å². The van der Waals surface area contributed by atoms with Crippen molar-refractivity contribution < 1.29 is 9.53 Å². The zero-order valence-electron chi connectivity index (χ0n) is 12.6. The molecule has 106 valence electrons. The number of hydrogen-bond donors (Lipinski definition) is 1. The Balaban J connectivity index is 2.58. The molecule has 4 heteroatoms. The number of aryl methyl sites for hydroxylation is 1. The van der Waals surface area contributed by atoms with Gasteiger partial charge >= 0.3 is 5.97 Å². The van der Waals surface area contributed by atoms with Crippen molar-refractivity contribution in [2.45, 2.75) is 33.1 Å². The quantitative estimate of drug-likeness (QED) is 0.852. The molecule has 1 aromatic carbocycles. The Kier molecular flexibility index (Phi) is 3.66. The molecule has 0 unspecified atom stereocenters. The van der Waals surface area contributed by atoms with E-state index < -0.39 is 5.97 Å². The van der Waals surface area contributed by atoms with Crippen LogP contribution in [0.3, 0.4) is 0 Å². The summed E-state index contributed by atoms with van der Waals surface area (Å²) in [6, 6.07) is 7.96. The lowest BCUT2D eigenvalue weighted by Crippen LogP contribution is -2.13. The normalized spacial score (nSPS) is 11.4. The maximum atomic E-state index is 11.9. The van der Waals surface area contributed by atoms with Gasteiger partial charge in [-0.05, 0) is 6.92 Å². The monoisotopic (exact) mass is 272 g/mol. The van der Waals surface area contributed by atoms with Gasteiger partial charge in [0, 0.05) is 11.0 Å². The number of ether oxygens (including phenoxy) is 1. The standard InChI is InChI=1S/C16H20N2O2/c1-10-6-8-11(9-7-10)12-13(14(19)20-5)18-15(17-12)16(2,3)4/h6-9H,1-5H3,(H,17,18). The van der Waals surface area contributed by atoms with Crippen LogP contribution in [-0.4, -0.2) is 23.0 Å². The van der Waals surface area contributed by atoms with Crippen molar-refractivity contribution in [2.24, 2.45) is 0 Å². The zero-order chi connectivity index (χ0) is 14.9. The fourth-order valence-corrected chi connectivity index (χ4v) is 1.90. The number of aromatic amines is 1. The molecule has 0 aliphatic heterocycles. The van der Waals surface area contributed by atoms with Crippen molar-refractivity contribution >= 4 is 5.97 Å². The molecule has 1 aromatic heterocycles. The summed E-state index contributed by atoms with van der Waals surface area (Å²) in [4.78, 5) is 19.6. The Bertz CT molecular complexity index is 619. The first-order chi connectivity index (χ1) is 9.32. The third kappa shape index (κ3) is 2.74. The maximum Gasteiger partial charge on any atom is 0.358 e. The van der Waals surface area contributed by atoms with Crippen molar-refractivity contribution in [1.82, 2.24) is 9.97 Å². The van der Waals surface area contributed by atoms with Crippen LogP contribution in [-0.2, 0) is 10.2 Å². The molecule has 0 fully saturated rings. The summed E-state index contributed by atoms with van der Waals surface area (Å²) in [5.41, 5.74) is 2.98. The van der Waals surface area contributed by atoms with E-state index in [0.29, 0.717) is 11.4 Å². The van der Waals surface area contributed by atoms with E-state index in [9.17, 15) is 4.79 Å². The summed E-state index contributed by atoms with van der Waals surface area (Å²) in [5.74, 6) is 0.348. The lowest BCUT2D eigenvalue weighted by atomic mass is 9.96. The van der Waals surface area contributed by atoms with E-state index in [1.165, 1.54) is 12.7 Å². The van der Waals surface area contributed by atoms with Gasteiger partial charge in [-0.1, -0.05) is 50.6 Å². The van der Waals surface area contributed by atoms with Crippen molar-refractivity contribution in [3.05, 3.63) is 41.3 Å². The number of imidazole rings is 1. The fraction of sp³-hybridized carbons (Fsp3) is 0.375. The zero-order valence-corrected chi connectivity index (χ0v) is 12.6. The van der Waals surface area contributed by atoms with Gasteiger partial charge in [-0.3, -0.25) is 0 Å². The van der Waals surface area contributed by atoms with Crippen LogP contribution >= 0.6 is 0 Å². The largest absolute Gasteiger partial charge is 0.464 e. The summed E-state index contributed by atoms with van der Waals surface area (Å²) in [6.45, 7) is 8.17. The number of benzene rings is 1. The highest BCUT2D eigenvalue weighted by atomic mass is 16.5. The molecule has 1 heterocycles. The lowest BCUT2D eigenvalue weighted by Gasteiger charge is -2.14. The molecule has 0 aliphatic rings. The Labute approximate surface area is 119 Å². The van der Waals surface area contributed by atoms with Gasteiger partial charge in [-0.25, -0.2) is 9.78 Å². The Morgan fingerprint density at radius 1 is 1.20 bits per heavy atom. The van der Waals surface area contributed by atoms with Crippen molar-refractivity contribution in [1.29, 1.82) is 0 Å². The number of nitrogens with zero attached hydrogens (tertiary/aromatic N) is 1. The fourth-order valence-electron chi connectivity index (χ4n) is 1.90. The molecule has 0 bridgehead atoms. The molecule has 0 saturated heterocycles. The number of carbonyl (C=O) groups is 1. The number of H-pyrrole nitrogens is 1. The number of hydrogen-bond acceptors (Lipinski definition) is 3. The molecule has 0 aliphatic carbocycles. The third-order valence-corrected chi connectivity index (χ3v) is 3.13. The van der Waals surface area contributed by atoms with Crippen LogP contribution in [0.4, 0.5) is 0 Å². The molecule has 1 N–H and O–H groups in total. The van der Waals surface area contributed by atoms with Crippen molar-refractivity contribution in [3.8, 4) is 11.3 Å². The summed E-state index contributed by atoms with van der Waals surface area (Å²) in [6.07, 6.45) is 0. The molecule has 4 nitrogen and oxygen atoms in total.